The fraction of sp³-hybridized carbons (Fsp3) is 0.353. The van der Waals surface area contributed by atoms with Gasteiger partial charge in [-0.05, 0) is 36.6 Å². The highest BCUT2D eigenvalue weighted by Crippen LogP contribution is 2.25. The summed E-state index contributed by atoms with van der Waals surface area (Å²) >= 11 is 1.15. The van der Waals surface area contributed by atoms with Gasteiger partial charge in [-0.15, -0.1) is 11.3 Å². The predicted octanol–water partition coefficient (Wildman–Crippen LogP) is 2.47. The van der Waals surface area contributed by atoms with Crippen LogP contribution in [0.15, 0.2) is 40.6 Å². The van der Waals surface area contributed by atoms with Crippen molar-refractivity contribution in [3.8, 4) is 5.75 Å². The molecule has 0 atom stereocenters. The highest BCUT2D eigenvalue weighted by Gasteiger charge is 2.28. The van der Waals surface area contributed by atoms with Gasteiger partial charge < -0.3 is 10.1 Å². The molecule has 1 N–H and O–H groups in total. The first kappa shape index (κ1) is 17.9. The van der Waals surface area contributed by atoms with Crippen LogP contribution in [-0.4, -0.2) is 38.8 Å². The van der Waals surface area contributed by atoms with E-state index >= 15 is 0 Å². The SMILES string of the molecule is COc1ccc(CNC(=O)c2cc(S(=O)(=O)N3CCCC3)cs2)cc1. The molecular formula is C17H20N2O4S2. The smallest absolute Gasteiger partial charge is 0.261 e. The molecule has 134 valence electrons. The Bertz CT molecular complexity index is 838. The van der Waals surface area contributed by atoms with Crippen molar-refractivity contribution in [2.45, 2.75) is 24.3 Å². The summed E-state index contributed by atoms with van der Waals surface area (Å²) in [4.78, 5) is 12.9. The molecule has 6 nitrogen and oxygen atoms in total. The lowest BCUT2D eigenvalue weighted by Crippen LogP contribution is -2.27. The molecular weight excluding hydrogens is 360 g/mol. The number of nitrogens with zero attached hydrogens (tertiary/aromatic N) is 1. The summed E-state index contributed by atoms with van der Waals surface area (Å²) in [5.74, 6) is 0.480. The lowest BCUT2D eigenvalue weighted by Gasteiger charge is -2.13. The fourth-order valence-corrected chi connectivity index (χ4v) is 5.36. The van der Waals surface area contributed by atoms with E-state index in [0.29, 0.717) is 24.5 Å². The number of carbonyl (C=O) groups excluding carboxylic acids is 1. The molecule has 1 aromatic carbocycles. The Labute approximate surface area is 151 Å². The number of rotatable bonds is 6. The average Bonchev–Trinajstić information content (AvgIpc) is 3.32. The van der Waals surface area contributed by atoms with Crippen LogP contribution in [0.2, 0.25) is 0 Å². The molecule has 1 saturated heterocycles. The van der Waals surface area contributed by atoms with Crippen molar-refractivity contribution < 1.29 is 17.9 Å². The van der Waals surface area contributed by atoms with Crippen LogP contribution in [0, 0.1) is 0 Å². The fourth-order valence-electron chi connectivity index (χ4n) is 2.66. The molecule has 0 saturated carbocycles. The maximum absolute atomic E-state index is 12.5. The molecule has 0 aliphatic carbocycles. The van der Waals surface area contributed by atoms with Crippen LogP contribution in [0.25, 0.3) is 0 Å². The topological polar surface area (TPSA) is 75.7 Å². The average molecular weight is 380 g/mol. The Balaban J connectivity index is 1.64. The number of sulfonamides is 1. The summed E-state index contributed by atoms with van der Waals surface area (Å²) in [7, 11) is -1.88. The second-order valence-corrected chi connectivity index (χ2v) is 8.64. The Hall–Kier alpha value is -1.90. The van der Waals surface area contributed by atoms with Gasteiger partial charge in [-0.2, -0.15) is 4.31 Å². The van der Waals surface area contributed by atoms with E-state index in [0.717, 1.165) is 35.5 Å². The number of hydrogen-bond acceptors (Lipinski definition) is 5. The first-order valence-electron chi connectivity index (χ1n) is 8.00. The van der Waals surface area contributed by atoms with E-state index in [-0.39, 0.29) is 10.8 Å². The van der Waals surface area contributed by atoms with Crippen LogP contribution < -0.4 is 10.1 Å². The molecule has 1 fully saturated rings. The second-order valence-electron chi connectivity index (χ2n) is 5.79. The molecule has 1 aromatic heterocycles. The van der Waals surface area contributed by atoms with Crippen LogP contribution in [0.5, 0.6) is 5.75 Å². The largest absolute Gasteiger partial charge is 0.497 e. The minimum absolute atomic E-state index is 0.203. The quantitative estimate of drug-likeness (QED) is 0.835. The summed E-state index contributed by atoms with van der Waals surface area (Å²) in [6.07, 6.45) is 1.77. The van der Waals surface area contributed by atoms with Crippen molar-refractivity contribution >= 4 is 27.3 Å². The minimum atomic E-state index is -3.48. The highest BCUT2D eigenvalue weighted by atomic mass is 32.2. The van der Waals surface area contributed by atoms with Gasteiger partial charge in [0.05, 0.1) is 16.9 Å². The van der Waals surface area contributed by atoms with Crippen LogP contribution in [0.1, 0.15) is 28.1 Å². The van der Waals surface area contributed by atoms with Gasteiger partial charge in [-0.3, -0.25) is 4.79 Å². The number of amides is 1. The number of ether oxygens (including phenoxy) is 1. The maximum Gasteiger partial charge on any atom is 0.261 e. The maximum atomic E-state index is 12.5. The van der Waals surface area contributed by atoms with Gasteiger partial charge in [0.1, 0.15) is 5.75 Å². The molecule has 2 aromatic rings. The lowest BCUT2D eigenvalue weighted by molar-refractivity contribution is 0.0955. The van der Waals surface area contributed by atoms with Crippen LogP contribution in [-0.2, 0) is 16.6 Å². The zero-order valence-corrected chi connectivity index (χ0v) is 15.5. The van der Waals surface area contributed by atoms with Gasteiger partial charge in [0.2, 0.25) is 10.0 Å². The first-order chi connectivity index (χ1) is 12.0. The van der Waals surface area contributed by atoms with Gasteiger partial charge in [-0.25, -0.2) is 8.42 Å². The lowest BCUT2D eigenvalue weighted by atomic mass is 10.2. The molecule has 1 aliphatic rings. The van der Waals surface area contributed by atoms with Crippen LogP contribution in [0.4, 0.5) is 0 Å². The number of carbonyl (C=O) groups is 1. The summed E-state index contributed by atoms with van der Waals surface area (Å²) in [5.41, 5.74) is 0.940. The summed E-state index contributed by atoms with van der Waals surface area (Å²) in [6, 6.07) is 8.86. The van der Waals surface area contributed by atoms with Gasteiger partial charge in [0.15, 0.2) is 0 Å². The third-order valence-electron chi connectivity index (χ3n) is 4.11. The number of nitrogens with one attached hydrogen (secondary N) is 1. The minimum Gasteiger partial charge on any atom is -0.497 e. The van der Waals surface area contributed by atoms with Crippen molar-refractivity contribution in [2.24, 2.45) is 0 Å². The van der Waals surface area contributed by atoms with Gasteiger partial charge in [0, 0.05) is 25.0 Å². The molecule has 2 heterocycles. The van der Waals surface area contributed by atoms with Gasteiger partial charge in [0.25, 0.3) is 5.91 Å². The second kappa shape index (κ2) is 7.55. The summed E-state index contributed by atoms with van der Waals surface area (Å²) in [6.45, 7) is 1.48. The highest BCUT2D eigenvalue weighted by molar-refractivity contribution is 7.89. The molecule has 1 aliphatic heterocycles. The Morgan fingerprint density at radius 1 is 1.24 bits per heavy atom. The number of thiophene rings is 1. The van der Waals surface area contributed by atoms with Crippen molar-refractivity contribution in [1.29, 1.82) is 0 Å². The third kappa shape index (κ3) is 4.02. The van der Waals surface area contributed by atoms with Crippen molar-refractivity contribution in [1.82, 2.24) is 9.62 Å². The van der Waals surface area contributed by atoms with E-state index in [1.165, 1.54) is 15.8 Å². The number of hydrogen-bond donors (Lipinski definition) is 1. The van der Waals surface area contributed by atoms with E-state index in [1.54, 1.807) is 7.11 Å². The molecule has 0 radical (unpaired) electrons. The summed E-state index contributed by atoms with van der Waals surface area (Å²) < 4.78 is 31.6. The molecule has 0 unspecified atom stereocenters. The van der Waals surface area contributed by atoms with Gasteiger partial charge >= 0.3 is 0 Å². The van der Waals surface area contributed by atoms with Crippen molar-refractivity contribution in [2.75, 3.05) is 20.2 Å². The molecule has 3 rings (SSSR count). The van der Waals surface area contributed by atoms with E-state index < -0.39 is 10.0 Å². The van der Waals surface area contributed by atoms with Gasteiger partial charge in [-0.1, -0.05) is 12.1 Å². The molecule has 0 spiro atoms. The van der Waals surface area contributed by atoms with Crippen molar-refractivity contribution in [3.05, 3.63) is 46.2 Å². The van der Waals surface area contributed by atoms with Crippen LogP contribution in [0.3, 0.4) is 0 Å². The van der Waals surface area contributed by atoms with E-state index in [9.17, 15) is 13.2 Å². The Kier molecular flexibility index (Phi) is 5.41. The van der Waals surface area contributed by atoms with Crippen LogP contribution >= 0.6 is 11.3 Å². The Morgan fingerprint density at radius 2 is 1.92 bits per heavy atom. The monoisotopic (exact) mass is 380 g/mol. The Morgan fingerprint density at radius 3 is 2.56 bits per heavy atom. The van der Waals surface area contributed by atoms with E-state index in [1.807, 2.05) is 24.3 Å². The zero-order chi connectivity index (χ0) is 17.9. The zero-order valence-electron chi connectivity index (χ0n) is 13.9. The molecule has 25 heavy (non-hydrogen) atoms. The normalized spacial score (nSPS) is 15.2. The molecule has 8 heteroatoms. The van der Waals surface area contributed by atoms with E-state index in [4.69, 9.17) is 4.74 Å². The molecule has 0 bridgehead atoms. The molecule has 1 amide bonds. The number of benzene rings is 1. The standard InChI is InChI=1S/C17H20N2O4S2/c1-23-14-6-4-13(5-7-14)11-18-17(20)16-10-15(12-24-16)25(21,22)19-8-2-3-9-19/h4-7,10,12H,2-3,8-9,11H2,1H3,(H,18,20). The first-order valence-corrected chi connectivity index (χ1v) is 10.3. The summed E-state index contributed by atoms with van der Waals surface area (Å²) in [5, 5.41) is 4.35. The third-order valence-corrected chi connectivity index (χ3v) is 7.07. The van der Waals surface area contributed by atoms with E-state index in [2.05, 4.69) is 5.32 Å². The predicted molar refractivity (Wildman–Crippen MR) is 96.5 cm³/mol. The van der Waals surface area contributed by atoms with Crippen molar-refractivity contribution in [3.63, 3.8) is 0 Å². The number of methoxy groups -OCH3 is 1.